The predicted molar refractivity (Wildman–Crippen MR) is 115 cm³/mol. The van der Waals surface area contributed by atoms with Crippen molar-refractivity contribution in [2.45, 2.75) is 44.9 Å². The third kappa shape index (κ3) is 7.54. The Balaban J connectivity index is 2.16. The molecule has 3 atom stereocenters. The Hall–Kier alpha value is -2.62. The molecule has 0 saturated carbocycles. The monoisotopic (exact) mass is 455 g/mol. The van der Waals surface area contributed by atoms with E-state index in [1.165, 1.54) is 12.1 Å². The Morgan fingerprint density at radius 2 is 1.77 bits per heavy atom. The minimum absolute atomic E-state index is 0.0426. The van der Waals surface area contributed by atoms with Crippen molar-refractivity contribution < 1.29 is 18.0 Å². The molecule has 31 heavy (non-hydrogen) atoms. The highest BCUT2D eigenvalue weighted by Gasteiger charge is 2.17. The molecule has 0 heterocycles. The smallest absolute Gasteiger partial charge is 0.258 e. The van der Waals surface area contributed by atoms with Crippen molar-refractivity contribution in [3.8, 4) is 0 Å². The molecular formula is C21H25ClF3N5O. The van der Waals surface area contributed by atoms with E-state index in [2.05, 4.69) is 15.6 Å². The van der Waals surface area contributed by atoms with E-state index in [4.69, 9.17) is 23.1 Å². The number of nitrogens with one attached hydrogen (secondary N) is 2. The van der Waals surface area contributed by atoms with Gasteiger partial charge < -0.3 is 16.8 Å². The summed E-state index contributed by atoms with van der Waals surface area (Å²) < 4.78 is 40.5. The third-order valence-corrected chi connectivity index (χ3v) is 4.82. The number of carbonyl (C=O) groups is 1. The maximum atomic E-state index is 13.7. The van der Waals surface area contributed by atoms with Crippen molar-refractivity contribution in [1.29, 1.82) is 0 Å². The van der Waals surface area contributed by atoms with Gasteiger partial charge in [0.25, 0.3) is 5.91 Å². The van der Waals surface area contributed by atoms with Crippen LogP contribution < -0.4 is 22.1 Å². The number of guanidine groups is 1. The highest BCUT2D eigenvalue weighted by Crippen LogP contribution is 2.19. The van der Waals surface area contributed by atoms with Gasteiger partial charge in [-0.1, -0.05) is 18.5 Å². The number of halogens is 4. The Kier molecular flexibility index (Phi) is 8.85. The number of nitrogens with zero attached hydrogens (tertiary/aromatic N) is 1. The fourth-order valence-corrected chi connectivity index (χ4v) is 2.78. The molecule has 0 aliphatic carbocycles. The molecule has 6 nitrogen and oxygen atoms in total. The van der Waals surface area contributed by atoms with Crippen LogP contribution in [0, 0.1) is 17.5 Å². The van der Waals surface area contributed by atoms with E-state index in [-0.39, 0.29) is 34.6 Å². The molecule has 0 radical (unpaired) electrons. The first kappa shape index (κ1) is 24.6. The summed E-state index contributed by atoms with van der Waals surface area (Å²) in [4.78, 5) is 16.7. The summed E-state index contributed by atoms with van der Waals surface area (Å²) in [5.41, 5.74) is 12.3. The lowest BCUT2D eigenvalue weighted by molar-refractivity contribution is 0.0975. The lowest BCUT2D eigenvalue weighted by atomic mass is 10.0. The molecule has 0 spiro atoms. The molecule has 0 aliphatic heterocycles. The van der Waals surface area contributed by atoms with Gasteiger partial charge in [-0.15, -0.1) is 0 Å². The first-order valence-electron chi connectivity index (χ1n) is 9.67. The van der Waals surface area contributed by atoms with Crippen LogP contribution in [0.4, 0.5) is 13.2 Å². The van der Waals surface area contributed by atoms with Crippen LogP contribution in [0.25, 0.3) is 0 Å². The predicted octanol–water partition coefficient (Wildman–Crippen LogP) is 3.61. The van der Waals surface area contributed by atoms with Gasteiger partial charge in [-0.3, -0.25) is 10.1 Å². The fourth-order valence-electron chi connectivity index (χ4n) is 2.66. The van der Waals surface area contributed by atoms with E-state index < -0.39 is 35.6 Å². The van der Waals surface area contributed by atoms with Crippen molar-refractivity contribution in [3.05, 3.63) is 70.0 Å². The summed E-state index contributed by atoms with van der Waals surface area (Å²) in [6.45, 7) is 3.80. The van der Waals surface area contributed by atoms with Gasteiger partial charge in [-0.2, -0.15) is 0 Å². The van der Waals surface area contributed by atoms with Crippen LogP contribution in [0.3, 0.4) is 0 Å². The zero-order chi connectivity index (χ0) is 23.1. The lowest BCUT2D eigenvalue weighted by Gasteiger charge is -2.20. The van der Waals surface area contributed by atoms with Crippen molar-refractivity contribution in [1.82, 2.24) is 10.6 Å². The molecule has 1 amide bonds. The Morgan fingerprint density at radius 1 is 1.13 bits per heavy atom. The van der Waals surface area contributed by atoms with E-state index >= 15 is 0 Å². The van der Waals surface area contributed by atoms with Crippen LogP contribution in [0.15, 0.2) is 41.4 Å². The van der Waals surface area contributed by atoms with E-state index in [9.17, 15) is 18.0 Å². The molecule has 2 aromatic carbocycles. The molecule has 2 rings (SSSR count). The maximum absolute atomic E-state index is 13.7. The van der Waals surface area contributed by atoms with Crippen molar-refractivity contribution in [2.75, 3.05) is 0 Å². The van der Waals surface area contributed by atoms with Gasteiger partial charge in [0.2, 0.25) is 0 Å². The van der Waals surface area contributed by atoms with Crippen LogP contribution >= 0.6 is 11.6 Å². The van der Waals surface area contributed by atoms with Crippen molar-refractivity contribution in [3.63, 3.8) is 0 Å². The third-order valence-electron chi connectivity index (χ3n) is 4.51. The van der Waals surface area contributed by atoms with Gasteiger partial charge in [0.15, 0.2) is 5.96 Å². The van der Waals surface area contributed by atoms with Crippen LogP contribution in [-0.2, 0) is 0 Å². The molecule has 6 N–H and O–H groups in total. The minimum atomic E-state index is -0.893. The number of aliphatic imine (C=N–C) groups is 1. The highest BCUT2D eigenvalue weighted by molar-refractivity contribution is 6.30. The molecular weight excluding hydrogens is 431 g/mol. The normalized spacial score (nSPS) is 14.6. The van der Waals surface area contributed by atoms with E-state index in [1.54, 1.807) is 0 Å². The molecule has 0 bridgehead atoms. The number of carbonyl (C=O) groups excluding carboxylic acids is 1. The summed E-state index contributed by atoms with van der Waals surface area (Å²) in [6.07, 6.45) is -0.114. The first-order valence-corrected chi connectivity index (χ1v) is 10.0. The van der Waals surface area contributed by atoms with Gasteiger partial charge in [-0.05, 0) is 49.2 Å². The highest BCUT2D eigenvalue weighted by atomic mass is 35.5. The molecule has 2 aromatic rings. The van der Waals surface area contributed by atoms with E-state index in [1.807, 2.05) is 13.8 Å². The van der Waals surface area contributed by atoms with Gasteiger partial charge in [-0.25, -0.2) is 18.2 Å². The van der Waals surface area contributed by atoms with E-state index in [0.717, 1.165) is 30.7 Å². The SMILES string of the molecule is CC[C@@H](C)NC(=NC(N)CC(N)c1cc(F)cc(F)c1)NC(=O)c1ccc(Cl)c(F)c1. The van der Waals surface area contributed by atoms with Crippen LogP contribution in [0.1, 0.15) is 48.7 Å². The van der Waals surface area contributed by atoms with E-state index in [0.29, 0.717) is 0 Å². The maximum Gasteiger partial charge on any atom is 0.258 e. The van der Waals surface area contributed by atoms with Crippen LogP contribution in [0.2, 0.25) is 5.02 Å². The van der Waals surface area contributed by atoms with Gasteiger partial charge >= 0.3 is 0 Å². The molecule has 168 valence electrons. The molecule has 0 aliphatic rings. The Labute approximate surface area is 183 Å². The van der Waals surface area contributed by atoms with Gasteiger partial charge in [0, 0.05) is 30.1 Å². The lowest BCUT2D eigenvalue weighted by Crippen LogP contribution is -2.46. The number of nitrogens with two attached hydrogens (primary N) is 2. The summed E-state index contributed by atoms with van der Waals surface area (Å²) in [5, 5.41) is 5.47. The summed E-state index contributed by atoms with van der Waals surface area (Å²) in [7, 11) is 0. The number of hydrogen-bond acceptors (Lipinski definition) is 4. The second-order valence-corrected chi connectivity index (χ2v) is 7.53. The van der Waals surface area contributed by atoms with Crippen LogP contribution in [-0.4, -0.2) is 24.1 Å². The minimum Gasteiger partial charge on any atom is -0.354 e. The second kappa shape index (κ2) is 11.1. The quantitative estimate of drug-likeness (QED) is 0.378. The first-order chi connectivity index (χ1) is 14.6. The summed E-state index contributed by atoms with van der Waals surface area (Å²) >= 11 is 5.65. The number of amides is 1. The molecule has 0 aromatic heterocycles. The van der Waals surface area contributed by atoms with Gasteiger partial charge in [0.1, 0.15) is 23.6 Å². The number of hydrogen-bond donors (Lipinski definition) is 4. The second-order valence-electron chi connectivity index (χ2n) is 7.13. The summed E-state index contributed by atoms with van der Waals surface area (Å²) in [6, 6.07) is 5.81. The van der Waals surface area contributed by atoms with Crippen molar-refractivity contribution >= 4 is 23.5 Å². The van der Waals surface area contributed by atoms with Gasteiger partial charge in [0.05, 0.1) is 5.02 Å². The molecule has 2 unspecified atom stereocenters. The number of benzene rings is 2. The Morgan fingerprint density at radius 3 is 2.35 bits per heavy atom. The molecule has 0 fully saturated rings. The largest absolute Gasteiger partial charge is 0.354 e. The average molecular weight is 456 g/mol. The average Bonchev–Trinajstić information content (AvgIpc) is 2.68. The molecule has 0 saturated heterocycles. The number of rotatable bonds is 7. The topological polar surface area (TPSA) is 106 Å². The Bertz CT molecular complexity index is 936. The standard InChI is InChI=1S/C21H25ClF3N5O/c1-3-11(2)28-21(30-20(31)12-4-5-16(22)17(25)8-12)29-19(27)10-18(26)13-6-14(23)9-15(24)7-13/h4-9,11,18-19H,3,10,26-27H2,1-2H3,(H2,28,29,30,31)/t11-,18?,19?/m1/s1. The summed E-state index contributed by atoms with van der Waals surface area (Å²) in [5.74, 6) is -2.77. The fraction of sp³-hybridized carbons (Fsp3) is 0.333. The zero-order valence-corrected chi connectivity index (χ0v) is 17.9. The molecule has 10 heteroatoms. The zero-order valence-electron chi connectivity index (χ0n) is 17.1. The van der Waals surface area contributed by atoms with Crippen molar-refractivity contribution in [2.24, 2.45) is 16.5 Å². The van der Waals surface area contributed by atoms with Crippen LogP contribution in [0.5, 0.6) is 0 Å².